The second-order valence-corrected chi connectivity index (χ2v) is 6.20. The third-order valence-electron chi connectivity index (χ3n) is 4.90. The molecule has 0 spiro atoms. The van der Waals surface area contributed by atoms with E-state index in [1.54, 1.807) is 7.11 Å². The molecule has 0 aromatic heterocycles. The number of hydrogen-bond donors (Lipinski definition) is 1. The lowest BCUT2D eigenvalue weighted by Gasteiger charge is -2.32. The maximum absolute atomic E-state index is 11.7. The van der Waals surface area contributed by atoms with E-state index >= 15 is 0 Å². The number of ether oxygens (including phenoxy) is 1. The summed E-state index contributed by atoms with van der Waals surface area (Å²) in [6.45, 7) is 2.21. The predicted molar refractivity (Wildman–Crippen MR) is 83.6 cm³/mol. The molecular formula is C18H26O3. The van der Waals surface area contributed by atoms with Gasteiger partial charge in [-0.15, -0.1) is 0 Å². The third kappa shape index (κ3) is 4.23. The Morgan fingerprint density at radius 3 is 2.62 bits per heavy atom. The van der Waals surface area contributed by atoms with Crippen molar-refractivity contribution in [1.82, 2.24) is 0 Å². The van der Waals surface area contributed by atoms with Gasteiger partial charge in [0.25, 0.3) is 0 Å². The molecule has 2 rings (SSSR count). The fourth-order valence-corrected chi connectivity index (χ4v) is 3.54. The number of carboxylic acids is 1. The van der Waals surface area contributed by atoms with Crippen molar-refractivity contribution in [1.29, 1.82) is 0 Å². The molecule has 21 heavy (non-hydrogen) atoms. The van der Waals surface area contributed by atoms with E-state index in [9.17, 15) is 9.90 Å². The van der Waals surface area contributed by atoms with E-state index in [0.717, 1.165) is 24.2 Å². The summed E-state index contributed by atoms with van der Waals surface area (Å²) in [5.41, 5.74) is 1.09. The van der Waals surface area contributed by atoms with Crippen LogP contribution in [-0.2, 0) is 11.2 Å². The minimum atomic E-state index is -0.646. The standard InChI is InChI=1S/C18H26O3/c1-3-13-5-4-6-15(11-13)17(18(19)20)12-14-7-9-16(21-2)10-8-14/h7-10,13,15,17H,3-6,11-12H2,1-2H3,(H,19,20). The normalized spacial score (nSPS) is 23.5. The molecule has 3 nitrogen and oxygen atoms in total. The average molecular weight is 290 g/mol. The van der Waals surface area contributed by atoms with Crippen molar-refractivity contribution in [2.75, 3.05) is 7.11 Å². The lowest BCUT2D eigenvalue weighted by molar-refractivity contribution is -0.144. The molecule has 0 heterocycles. The fraction of sp³-hybridized carbons (Fsp3) is 0.611. The molecule has 1 aromatic carbocycles. The van der Waals surface area contributed by atoms with Gasteiger partial charge in [-0.1, -0.05) is 38.3 Å². The van der Waals surface area contributed by atoms with Gasteiger partial charge in [0.2, 0.25) is 0 Å². The molecule has 3 atom stereocenters. The van der Waals surface area contributed by atoms with Crippen LogP contribution in [0.1, 0.15) is 44.6 Å². The van der Waals surface area contributed by atoms with Gasteiger partial charge in [0.15, 0.2) is 0 Å². The molecule has 1 aliphatic rings. The third-order valence-corrected chi connectivity index (χ3v) is 4.90. The molecule has 0 radical (unpaired) electrons. The zero-order valence-electron chi connectivity index (χ0n) is 13.0. The van der Waals surface area contributed by atoms with E-state index in [1.165, 1.54) is 19.3 Å². The van der Waals surface area contributed by atoms with Gasteiger partial charge in [-0.25, -0.2) is 0 Å². The van der Waals surface area contributed by atoms with Gasteiger partial charge in [0.1, 0.15) is 5.75 Å². The first-order valence-electron chi connectivity index (χ1n) is 7.99. The SMILES string of the molecule is CCC1CCCC(C(Cc2ccc(OC)cc2)C(=O)O)C1. The highest BCUT2D eigenvalue weighted by atomic mass is 16.5. The maximum Gasteiger partial charge on any atom is 0.307 e. The number of carbonyl (C=O) groups is 1. The molecule has 1 aliphatic carbocycles. The Kier molecular flexibility index (Phi) is 5.66. The topological polar surface area (TPSA) is 46.5 Å². The van der Waals surface area contributed by atoms with Crippen LogP contribution in [0.4, 0.5) is 0 Å². The summed E-state index contributed by atoms with van der Waals surface area (Å²) >= 11 is 0. The monoisotopic (exact) mass is 290 g/mol. The van der Waals surface area contributed by atoms with Crippen molar-refractivity contribution >= 4 is 5.97 Å². The number of carboxylic acid groups (broad SMARTS) is 1. The molecule has 1 fully saturated rings. The van der Waals surface area contributed by atoms with Crippen LogP contribution in [0.25, 0.3) is 0 Å². The largest absolute Gasteiger partial charge is 0.497 e. The zero-order chi connectivity index (χ0) is 15.2. The summed E-state index contributed by atoms with van der Waals surface area (Å²) in [4.78, 5) is 11.7. The molecule has 1 aromatic rings. The van der Waals surface area contributed by atoms with Crippen molar-refractivity contribution in [3.8, 4) is 5.75 Å². The summed E-state index contributed by atoms with van der Waals surface area (Å²) in [6, 6.07) is 7.78. The van der Waals surface area contributed by atoms with Gasteiger partial charge in [-0.05, 0) is 48.8 Å². The second kappa shape index (κ2) is 7.48. The van der Waals surface area contributed by atoms with E-state index < -0.39 is 5.97 Å². The molecule has 3 unspecified atom stereocenters. The molecule has 0 saturated heterocycles. The number of aliphatic carboxylic acids is 1. The van der Waals surface area contributed by atoms with E-state index in [-0.39, 0.29) is 5.92 Å². The first kappa shape index (κ1) is 15.9. The van der Waals surface area contributed by atoms with Gasteiger partial charge >= 0.3 is 5.97 Å². The first-order chi connectivity index (χ1) is 10.1. The molecule has 1 saturated carbocycles. The number of hydrogen-bond acceptors (Lipinski definition) is 2. The minimum Gasteiger partial charge on any atom is -0.497 e. The molecule has 3 heteroatoms. The van der Waals surface area contributed by atoms with Crippen LogP contribution in [0.2, 0.25) is 0 Å². The Bertz CT molecular complexity index is 452. The van der Waals surface area contributed by atoms with Crippen LogP contribution < -0.4 is 4.74 Å². The lowest BCUT2D eigenvalue weighted by Crippen LogP contribution is -2.30. The fourth-order valence-electron chi connectivity index (χ4n) is 3.54. The highest BCUT2D eigenvalue weighted by Gasteiger charge is 2.32. The second-order valence-electron chi connectivity index (χ2n) is 6.20. The molecule has 0 amide bonds. The first-order valence-corrected chi connectivity index (χ1v) is 7.99. The summed E-state index contributed by atoms with van der Waals surface area (Å²) in [5, 5.41) is 9.62. The Morgan fingerprint density at radius 1 is 1.33 bits per heavy atom. The quantitative estimate of drug-likeness (QED) is 0.856. The number of methoxy groups -OCH3 is 1. The zero-order valence-corrected chi connectivity index (χ0v) is 13.0. The smallest absolute Gasteiger partial charge is 0.307 e. The van der Waals surface area contributed by atoms with E-state index in [4.69, 9.17) is 4.74 Å². The van der Waals surface area contributed by atoms with E-state index in [2.05, 4.69) is 6.92 Å². The summed E-state index contributed by atoms with van der Waals surface area (Å²) in [7, 11) is 1.64. The van der Waals surface area contributed by atoms with Crippen molar-refractivity contribution in [2.45, 2.75) is 45.4 Å². The van der Waals surface area contributed by atoms with Crippen LogP contribution in [-0.4, -0.2) is 18.2 Å². The molecule has 116 valence electrons. The van der Waals surface area contributed by atoms with Gasteiger partial charge in [0, 0.05) is 0 Å². The summed E-state index contributed by atoms with van der Waals surface area (Å²) in [6.07, 6.45) is 6.37. The number of benzene rings is 1. The van der Waals surface area contributed by atoms with Crippen molar-refractivity contribution in [3.05, 3.63) is 29.8 Å². The highest BCUT2D eigenvalue weighted by Crippen LogP contribution is 2.36. The number of rotatable bonds is 6. The Morgan fingerprint density at radius 2 is 2.05 bits per heavy atom. The molecule has 0 bridgehead atoms. The molecule has 0 aliphatic heterocycles. The van der Waals surface area contributed by atoms with Crippen LogP contribution >= 0.6 is 0 Å². The Labute approximate surface area is 127 Å². The molecular weight excluding hydrogens is 264 g/mol. The average Bonchev–Trinajstić information content (AvgIpc) is 2.53. The van der Waals surface area contributed by atoms with Crippen LogP contribution in [0.3, 0.4) is 0 Å². The van der Waals surface area contributed by atoms with Crippen LogP contribution in [0.15, 0.2) is 24.3 Å². The van der Waals surface area contributed by atoms with Crippen molar-refractivity contribution in [3.63, 3.8) is 0 Å². The highest BCUT2D eigenvalue weighted by molar-refractivity contribution is 5.70. The predicted octanol–water partition coefficient (Wildman–Crippen LogP) is 4.15. The van der Waals surface area contributed by atoms with Gasteiger partial charge in [-0.3, -0.25) is 4.79 Å². The summed E-state index contributed by atoms with van der Waals surface area (Å²) < 4.78 is 5.15. The van der Waals surface area contributed by atoms with Gasteiger partial charge in [0.05, 0.1) is 13.0 Å². The van der Waals surface area contributed by atoms with Gasteiger partial charge in [-0.2, -0.15) is 0 Å². The minimum absolute atomic E-state index is 0.257. The maximum atomic E-state index is 11.7. The van der Waals surface area contributed by atoms with Crippen LogP contribution in [0, 0.1) is 17.8 Å². The van der Waals surface area contributed by atoms with Gasteiger partial charge < -0.3 is 9.84 Å². The van der Waals surface area contributed by atoms with Crippen molar-refractivity contribution in [2.24, 2.45) is 17.8 Å². The van der Waals surface area contributed by atoms with E-state index in [0.29, 0.717) is 18.3 Å². The van der Waals surface area contributed by atoms with Crippen molar-refractivity contribution < 1.29 is 14.6 Å². The lowest BCUT2D eigenvalue weighted by atomic mass is 9.72. The Hall–Kier alpha value is -1.51. The molecule has 1 N–H and O–H groups in total. The summed E-state index contributed by atoms with van der Waals surface area (Å²) in [5.74, 6) is 0.944. The Balaban J connectivity index is 2.05. The van der Waals surface area contributed by atoms with E-state index in [1.807, 2.05) is 24.3 Å². The van der Waals surface area contributed by atoms with Crippen LogP contribution in [0.5, 0.6) is 5.75 Å².